The van der Waals surface area contributed by atoms with Crippen molar-refractivity contribution in [3.63, 3.8) is 0 Å². The largest absolute Gasteiger partial charge is 0.490 e. The molecule has 0 unspecified atom stereocenters. The number of ether oxygens (including phenoxy) is 2. The van der Waals surface area contributed by atoms with Crippen molar-refractivity contribution < 1.29 is 23.9 Å². The molecule has 0 saturated carbocycles. The predicted molar refractivity (Wildman–Crippen MR) is 149 cm³/mol. The molecule has 37 heavy (non-hydrogen) atoms. The summed E-state index contributed by atoms with van der Waals surface area (Å²) in [5, 5.41) is 2.61. The topological polar surface area (TPSA) is 84.9 Å². The summed E-state index contributed by atoms with van der Waals surface area (Å²) < 4.78 is 12.5. The van der Waals surface area contributed by atoms with E-state index in [0.29, 0.717) is 51.0 Å². The summed E-state index contributed by atoms with van der Waals surface area (Å²) in [7, 11) is 0. The number of nitrogens with one attached hydrogen (secondary N) is 1. The summed E-state index contributed by atoms with van der Waals surface area (Å²) in [5.41, 5.74) is 1.32. The third-order valence-electron chi connectivity index (χ3n) is 5.90. The first kappa shape index (κ1) is 28.7. The highest BCUT2D eigenvalue weighted by molar-refractivity contribution is 9.10. The van der Waals surface area contributed by atoms with Gasteiger partial charge in [-0.05, 0) is 77.7 Å². The van der Waals surface area contributed by atoms with Gasteiger partial charge in [0.15, 0.2) is 11.5 Å². The Hall–Kier alpha value is -2.84. The Bertz CT molecular complexity index is 1200. The first-order valence-corrected chi connectivity index (χ1v) is 13.7. The normalized spacial score (nSPS) is 14.8. The van der Waals surface area contributed by atoms with Crippen LogP contribution in [-0.4, -0.2) is 31.1 Å². The van der Waals surface area contributed by atoms with Crippen LogP contribution in [0.2, 0.25) is 5.02 Å². The molecule has 1 aliphatic rings. The summed E-state index contributed by atoms with van der Waals surface area (Å²) >= 11 is 9.64. The zero-order valence-corrected chi connectivity index (χ0v) is 23.7. The number of imide groups is 2. The Morgan fingerprint density at radius 2 is 1.73 bits per heavy atom. The second kappa shape index (κ2) is 13.6. The number of anilines is 1. The molecule has 2 aromatic carbocycles. The number of carbonyl (C=O) groups is 3. The Labute approximate surface area is 231 Å². The van der Waals surface area contributed by atoms with E-state index < -0.39 is 17.8 Å². The number of hydrogen-bond acceptors (Lipinski definition) is 5. The maximum Gasteiger partial charge on any atom is 0.335 e. The lowest BCUT2D eigenvalue weighted by molar-refractivity contribution is -0.122. The van der Waals surface area contributed by atoms with Gasteiger partial charge in [0, 0.05) is 5.02 Å². The summed E-state index contributed by atoms with van der Waals surface area (Å²) in [6, 6.07) is 7.51. The summed E-state index contributed by atoms with van der Waals surface area (Å²) in [5.74, 6) is -0.444. The number of halogens is 2. The van der Waals surface area contributed by atoms with Crippen molar-refractivity contribution in [2.24, 2.45) is 0 Å². The van der Waals surface area contributed by atoms with Gasteiger partial charge in [0.2, 0.25) is 0 Å². The molecule has 0 bridgehead atoms. The van der Waals surface area contributed by atoms with E-state index >= 15 is 0 Å². The van der Waals surface area contributed by atoms with Gasteiger partial charge in [0.1, 0.15) is 5.57 Å². The molecule has 9 heteroatoms. The third kappa shape index (κ3) is 7.36. The highest BCUT2D eigenvalue weighted by Gasteiger charge is 2.37. The quantitative estimate of drug-likeness (QED) is 0.160. The Balaban J connectivity index is 1.85. The number of carbonyl (C=O) groups excluding carboxylic acids is 3. The van der Waals surface area contributed by atoms with Crippen molar-refractivity contribution >= 4 is 57.1 Å². The average Bonchev–Trinajstić information content (AvgIpc) is 2.84. The smallest absolute Gasteiger partial charge is 0.335 e. The van der Waals surface area contributed by atoms with Crippen LogP contribution in [0.25, 0.3) is 6.08 Å². The Kier molecular flexibility index (Phi) is 10.6. The summed E-state index contributed by atoms with van der Waals surface area (Å²) in [6.45, 7) is 6.78. The van der Waals surface area contributed by atoms with Crippen molar-refractivity contribution in [1.82, 2.24) is 5.32 Å². The van der Waals surface area contributed by atoms with Crippen molar-refractivity contribution in [3.05, 3.63) is 56.5 Å². The zero-order chi connectivity index (χ0) is 26.9. The van der Waals surface area contributed by atoms with E-state index in [1.54, 1.807) is 31.2 Å². The van der Waals surface area contributed by atoms with Gasteiger partial charge in [-0.15, -0.1) is 0 Å². The number of aryl methyl sites for hydroxylation is 1. The van der Waals surface area contributed by atoms with E-state index in [0.717, 1.165) is 17.7 Å². The summed E-state index contributed by atoms with van der Waals surface area (Å²) in [6.07, 6.45) is 8.36. The van der Waals surface area contributed by atoms with Gasteiger partial charge in [0.05, 0.1) is 23.4 Å². The molecular formula is C28H32BrClN2O5. The van der Waals surface area contributed by atoms with Crippen LogP contribution in [0.3, 0.4) is 0 Å². The molecule has 0 atom stereocenters. The van der Waals surface area contributed by atoms with Crippen LogP contribution in [0.1, 0.15) is 63.5 Å². The molecule has 198 valence electrons. The number of barbiturate groups is 1. The molecular weight excluding hydrogens is 560 g/mol. The van der Waals surface area contributed by atoms with Crippen molar-refractivity contribution in [1.29, 1.82) is 0 Å². The molecule has 3 rings (SSSR count). The molecule has 1 heterocycles. The molecule has 0 spiro atoms. The van der Waals surface area contributed by atoms with E-state index in [9.17, 15) is 14.4 Å². The van der Waals surface area contributed by atoms with Gasteiger partial charge in [-0.25, -0.2) is 9.69 Å². The van der Waals surface area contributed by atoms with Crippen LogP contribution in [0.4, 0.5) is 10.5 Å². The van der Waals surface area contributed by atoms with Crippen molar-refractivity contribution in [2.45, 2.75) is 59.3 Å². The van der Waals surface area contributed by atoms with Crippen LogP contribution in [-0.2, 0) is 9.59 Å². The molecule has 2 aromatic rings. The number of urea groups is 1. The SMILES string of the molecule is CCCCCCCCOc1c(Br)cc(/C=C2\C(=O)NC(=O)N(c3cc(Cl)ccc3C)C2=O)cc1OCC. The molecule has 0 radical (unpaired) electrons. The third-order valence-corrected chi connectivity index (χ3v) is 6.72. The van der Waals surface area contributed by atoms with E-state index in [1.165, 1.54) is 37.8 Å². The van der Waals surface area contributed by atoms with E-state index in [4.69, 9.17) is 21.1 Å². The standard InChI is InChI=1S/C28H32BrClN2O5/c1-4-6-7-8-9-10-13-37-25-22(29)15-19(16-24(25)36-5-2)14-21-26(33)31-28(35)32(27(21)34)23-17-20(30)12-11-18(23)3/h11-12,14-17H,4-10,13H2,1-3H3,(H,31,33,35)/b21-14+. The minimum atomic E-state index is -0.827. The lowest BCUT2D eigenvalue weighted by Gasteiger charge is -2.27. The highest BCUT2D eigenvalue weighted by atomic mass is 79.9. The van der Waals surface area contributed by atoms with Crippen LogP contribution < -0.4 is 19.7 Å². The number of benzene rings is 2. The number of nitrogens with zero attached hydrogens (tertiary/aromatic N) is 1. The van der Waals surface area contributed by atoms with Crippen LogP contribution in [0.15, 0.2) is 40.4 Å². The molecule has 1 N–H and O–H groups in total. The first-order valence-electron chi connectivity index (χ1n) is 12.5. The van der Waals surface area contributed by atoms with E-state index in [2.05, 4.69) is 28.2 Å². The van der Waals surface area contributed by atoms with Gasteiger partial charge >= 0.3 is 6.03 Å². The van der Waals surface area contributed by atoms with Crippen LogP contribution in [0, 0.1) is 6.92 Å². The zero-order valence-electron chi connectivity index (χ0n) is 21.4. The van der Waals surface area contributed by atoms with Crippen molar-refractivity contribution in [3.8, 4) is 11.5 Å². The van der Waals surface area contributed by atoms with Crippen molar-refractivity contribution in [2.75, 3.05) is 18.1 Å². The number of amides is 4. The molecule has 1 fully saturated rings. The maximum absolute atomic E-state index is 13.3. The fourth-order valence-electron chi connectivity index (χ4n) is 4.00. The molecule has 1 aliphatic heterocycles. The van der Waals surface area contributed by atoms with Gasteiger partial charge in [-0.3, -0.25) is 14.9 Å². The molecule has 4 amide bonds. The van der Waals surface area contributed by atoms with Gasteiger partial charge < -0.3 is 9.47 Å². The van der Waals surface area contributed by atoms with Gasteiger partial charge in [-0.1, -0.05) is 56.7 Å². The van der Waals surface area contributed by atoms with E-state index in [-0.39, 0.29) is 5.57 Å². The highest BCUT2D eigenvalue weighted by Crippen LogP contribution is 2.38. The van der Waals surface area contributed by atoms with E-state index in [1.807, 2.05) is 6.92 Å². The second-order valence-corrected chi connectivity index (χ2v) is 10.1. The first-order chi connectivity index (χ1) is 17.8. The fourth-order valence-corrected chi connectivity index (χ4v) is 4.74. The maximum atomic E-state index is 13.3. The predicted octanol–water partition coefficient (Wildman–Crippen LogP) is 7.22. The average molecular weight is 592 g/mol. The van der Waals surface area contributed by atoms with Gasteiger partial charge in [-0.2, -0.15) is 0 Å². The minimum absolute atomic E-state index is 0.186. The molecule has 0 aliphatic carbocycles. The number of rotatable bonds is 12. The Morgan fingerprint density at radius 3 is 2.46 bits per heavy atom. The number of unbranched alkanes of at least 4 members (excludes halogenated alkanes) is 5. The summed E-state index contributed by atoms with van der Waals surface area (Å²) in [4.78, 5) is 39.4. The minimum Gasteiger partial charge on any atom is -0.490 e. The lowest BCUT2D eigenvalue weighted by atomic mass is 10.1. The monoisotopic (exact) mass is 590 g/mol. The molecule has 1 saturated heterocycles. The lowest BCUT2D eigenvalue weighted by Crippen LogP contribution is -2.54. The fraction of sp³-hybridized carbons (Fsp3) is 0.393. The number of hydrogen-bond donors (Lipinski definition) is 1. The molecule has 7 nitrogen and oxygen atoms in total. The Morgan fingerprint density at radius 1 is 1.00 bits per heavy atom. The van der Waals surface area contributed by atoms with Gasteiger partial charge in [0.25, 0.3) is 11.8 Å². The van der Waals surface area contributed by atoms with Crippen LogP contribution in [0.5, 0.6) is 11.5 Å². The molecule has 0 aromatic heterocycles. The second-order valence-electron chi connectivity index (χ2n) is 8.77. The van der Waals surface area contributed by atoms with Crippen LogP contribution >= 0.6 is 27.5 Å².